The van der Waals surface area contributed by atoms with Gasteiger partial charge in [-0.15, -0.1) is 0 Å². The number of nitrogens with one attached hydrogen (secondary N) is 2. The molecule has 1 saturated carbocycles. The van der Waals surface area contributed by atoms with Crippen molar-refractivity contribution in [2.24, 2.45) is 0 Å². The Kier molecular flexibility index (Phi) is 5.05. The topological polar surface area (TPSA) is 73.6 Å². The van der Waals surface area contributed by atoms with Crippen LogP contribution in [0.15, 0.2) is 36.7 Å². The standard InChI is InChI=1S/C18H21N5/c19-12-14-7-5-6-10-16(14)23-18-11-17(20-13-21-18)22-15-8-3-1-2-4-9-15/h5-7,10-11,13,15H,1-4,8-9H2,(H2,20,21,22,23). The molecule has 0 radical (unpaired) electrons. The van der Waals surface area contributed by atoms with E-state index in [1.807, 2.05) is 24.3 Å². The van der Waals surface area contributed by atoms with Gasteiger partial charge in [-0.25, -0.2) is 9.97 Å². The lowest BCUT2D eigenvalue weighted by Gasteiger charge is -2.17. The van der Waals surface area contributed by atoms with Crippen molar-refractivity contribution < 1.29 is 0 Å². The van der Waals surface area contributed by atoms with E-state index in [-0.39, 0.29) is 0 Å². The first-order chi connectivity index (χ1) is 11.3. The molecular formula is C18H21N5. The van der Waals surface area contributed by atoms with Crippen molar-refractivity contribution in [3.63, 3.8) is 0 Å². The first-order valence-corrected chi connectivity index (χ1v) is 8.20. The third kappa shape index (κ3) is 4.19. The fourth-order valence-corrected chi connectivity index (χ4v) is 2.97. The molecule has 0 atom stereocenters. The fourth-order valence-electron chi connectivity index (χ4n) is 2.97. The van der Waals surface area contributed by atoms with E-state index in [4.69, 9.17) is 5.26 Å². The van der Waals surface area contributed by atoms with Gasteiger partial charge in [-0.2, -0.15) is 5.26 Å². The smallest absolute Gasteiger partial charge is 0.135 e. The van der Waals surface area contributed by atoms with Crippen LogP contribution in [0.5, 0.6) is 0 Å². The van der Waals surface area contributed by atoms with Gasteiger partial charge in [0.15, 0.2) is 0 Å². The van der Waals surface area contributed by atoms with Crippen molar-refractivity contribution in [3.8, 4) is 6.07 Å². The molecule has 0 saturated heterocycles. The third-order valence-corrected chi connectivity index (χ3v) is 4.18. The summed E-state index contributed by atoms with van der Waals surface area (Å²) < 4.78 is 0. The maximum Gasteiger partial charge on any atom is 0.135 e. The Bertz CT molecular complexity index is 684. The second-order valence-corrected chi connectivity index (χ2v) is 5.90. The number of para-hydroxylation sites is 1. The molecule has 23 heavy (non-hydrogen) atoms. The minimum Gasteiger partial charge on any atom is -0.367 e. The van der Waals surface area contributed by atoms with E-state index in [1.54, 1.807) is 12.4 Å². The zero-order valence-corrected chi connectivity index (χ0v) is 13.1. The quantitative estimate of drug-likeness (QED) is 0.827. The zero-order valence-electron chi connectivity index (χ0n) is 13.1. The summed E-state index contributed by atoms with van der Waals surface area (Å²) in [4.78, 5) is 8.57. The third-order valence-electron chi connectivity index (χ3n) is 4.18. The molecular weight excluding hydrogens is 286 g/mol. The van der Waals surface area contributed by atoms with Crippen LogP contribution >= 0.6 is 0 Å². The molecule has 0 amide bonds. The van der Waals surface area contributed by atoms with Gasteiger partial charge in [0.25, 0.3) is 0 Å². The molecule has 1 heterocycles. The monoisotopic (exact) mass is 307 g/mol. The number of hydrogen-bond acceptors (Lipinski definition) is 5. The van der Waals surface area contributed by atoms with E-state index in [0.29, 0.717) is 17.4 Å². The number of benzene rings is 1. The van der Waals surface area contributed by atoms with Gasteiger partial charge in [-0.05, 0) is 25.0 Å². The highest BCUT2D eigenvalue weighted by Gasteiger charge is 2.13. The molecule has 2 aromatic rings. The van der Waals surface area contributed by atoms with Crippen LogP contribution in [-0.4, -0.2) is 16.0 Å². The highest BCUT2D eigenvalue weighted by molar-refractivity contribution is 5.65. The second-order valence-electron chi connectivity index (χ2n) is 5.90. The van der Waals surface area contributed by atoms with Gasteiger partial charge in [0.2, 0.25) is 0 Å². The van der Waals surface area contributed by atoms with Crippen LogP contribution < -0.4 is 10.6 Å². The summed E-state index contributed by atoms with van der Waals surface area (Å²) in [5.41, 5.74) is 1.36. The summed E-state index contributed by atoms with van der Waals surface area (Å²) in [6.07, 6.45) is 9.18. The van der Waals surface area contributed by atoms with Crippen LogP contribution in [0.1, 0.15) is 44.1 Å². The molecule has 0 spiro atoms. The summed E-state index contributed by atoms with van der Waals surface area (Å²) >= 11 is 0. The van der Waals surface area contributed by atoms with Crippen LogP contribution in [0.2, 0.25) is 0 Å². The largest absolute Gasteiger partial charge is 0.367 e. The van der Waals surface area contributed by atoms with E-state index >= 15 is 0 Å². The molecule has 118 valence electrons. The molecule has 1 aromatic carbocycles. The Labute approximate surface area is 136 Å². The molecule has 1 aliphatic carbocycles. The minimum absolute atomic E-state index is 0.492. The molecule has 2 N–H and O–H groups in total. The molecule has 0 unspecified atom stereocenters. The average Bonchev–Trinajstić information content (AvgIpc) is 2.84. The number of rotatable bonds is 4. The van der Waals surface area contributed by atoms with E-state index < -0.39 is 0 Å². The summed E-state index contributed by atoms with van der Waals surface area (Å²) in [6, 6.07) is 12.0. The Balaban J connectivity index is 1.71. The van der Waals surface area contributed by atoms with Crippen molar-refractivity contribution in [1.82, 2.24) is 9.97 Å². The van der Waals surface area contributed by atoms with Crippen molar-refractivity contribution in [2.75, 3.05) is 10.6 Å². The summed E-state index contributed by atoms with van der Waals surface area (Å²) in [5.74, 6) is 1.53. The molecule has 1 fully saturated rings. The molecule has 5 nitrogen and oxygen atoms in total. The van der Waals surface area contributed by atoms with E-state index in [9.17, 15) is 0 Å². The van der Waals surface area contributed by atoms with E-state index in [1.165, 1.54) is 38.5 Å². The van der Waals surface area contributed by atoms with Crippen LogP contribution in [0.4, 0.5) is 17.3 Å². The lowest BCUT2D eigenvalue weighted by molar-refractivity contribution is 0.617. The number of nitrogens with zero attached hydrogens (tertiary/aromatic N) is 3. The van der Waals surface area contributed by atoms with Crippen molar-refractivity contribution >= 4 is 17.3 Å². The van der Waals surface area contributed by atoms with Crippen molar-refractivity contribution in [1.29, 1.82) is 5.26 Å². The van der Waals surface area contributed by atoms with Crippen LogP contribution in [0.25, 0.3) is 0 Å². The molecule has 1 aliphatic rings. The lowest BCUT2D eigenvalue weighted by atomic mass is 10.1. The van der Waals surface area contributed by atoms with Crippen LogP contribution in [-0.2, 0) is 0 Å². The molecule has 3 rings (SSSR count). The van der Waals surface area contributed by atoms with Crippen molar-refractivity contribution in [2.45, 2.75) is 44.6 Å². The predicted octanol–water partition coefficient (Wildman–Crippen LogP) is 4.23. The van der Waals surface area contributed by atoms with E-state index in [0.717, 1.165) is 11.5 Å². The Morgan fingerprint density at radius 1 is 1.00 bits per heavy atom. The van der Waals surface area contributed by atoms with Gasteiger partial charge >= 0.3 is 0 Å². The SMILES string of the molecule is N#Cc1ccccc1Nc1cc(NC2CCCCCC2)ncn1. The first-order valence-electron chi connectivity index (χ1n) is 8.20. The van der Waals surface area contributed by atoms with Gasteiger partial charge in [-0.3, -0.25) is 0 Å². The number of aromatic nitrogens is 2. The lowest BCUT2D eigenvalue weighted by Crippen LogP contribution is -2.19. The highest BCUT2D eigenvalue weighted by Crippen LogP contribution is 2.23. The van der Waals surface area contributed by atoms with Gasteiger partial charge < -0.3 is 10.6 Å². The molecule has 5 heteroatoms. The van der Waals surface area contributed by atoms with Gasteiger partial charge in [0.05, 0.1) is 11.3 Å². The summed E-state index contributed by atoms with van der Waals surface area (Å²) in [6.45, 7) is 0. The molecule has 0 aliphatic heterocycles. The second kappa shape index (κ2) is 7.59. The number of nitriles is 1. The zero-order chi connectivity index (χ0) is 15.9. The predicted molar refractivity (Wildman–Crippen MR) is 91.6 cm³/mol. The number of hydrogen-bond donors (Lipinski definition) is 2. The maximum absolute atomic E-state index is 9.16. The van der Waals surface area contributed by atoms with Crippen molar-refractivity contribution in [3.05, 3.63) is 42.2 Å². The minimum atomic E-state index is 0.492. The van der Waals surface area contributed by atoms with Gasteiger partial charge in [-0.1, -0.05) is 37.8 Å². The van der Waals surface area contributed by atoms with Crippen LogP contribution in [0.3, 0.4) is 0 Å². The van der Waals surface area contributed by atoms with E-state index in [2.05, 4.69) is 26.7 Å². The highest BCUT2D eigenvalue weighted by atomic mass is 15.1. The summed E-state index contributed by atoms with van der Waals surface area (Å²) in [5, 5.41) is 15.9. The molecule has 1 aromatic heterocycles. The fraction of sp³-hybridized carbons (Fsp3) is 0.389. The number of anilines is 3. The average molecular weight is 307 g/mol. The Morgan fingerprint density at radius 3 is 2.52 bits per heavy atom. The Morgan fingerprint density at radius 2 is 1.74 bits per heavy atom. The normalized spacial score (nSPS) is 15.4. The first kappa shape index (κ1) is 15.3. The Hall–Kier alpha value is -2.61. The maximum atomic E-state index is 9.16. The van der Waals surface area contributed by atoms with Gasteiger partial charge in [0, 0.05) is 12.1 Å². The van der Waals surface area contributed by atoms with Gasteiger partial charge in [0.1, 0.15) is 24.0 Å². The van der Waals surface area contributed by atoms with Crippen LogP contribution in [0, 0.1) is 11.3 Å². The summed E-state index contributed by atoms with van der Waals surface area (Å²) in [7, 11) is 0. The molecule has 0 bridgehead atoms.